The van der Waals surface area contributed by atoms with Crippen molar-refractivity contribution >= 4 is 17.8 Å². The van der Waals surface area contributed by atoms with Gasteiger partial charge in [-0.3, -0.25) is 0 Å². The Morgan fingerprint density at radius 3 is 2.88 bits per heavy atom. The Morgan fingerprint density at radius 1 is 1.38 bits per heavy atom. The van der Waals surface area contributed by atoms with E-state index >= 15 is 0 Å². The quantitative estimate of drug-likeness (QED) is 0.769. The Hall–Kier alpha value is -1.20. The third kappa shape index (κ3) is 1.39. The highest BCUT2D eigenvalue weighted by Crippen LogP contribution is 2.43. The van der Waals surface area contributed by atoms with Gasteiger partial charge in [0.05, 0.1) is 6.04 Å². The number of benzene rings is 1. The van der Waals surface area contributed by atoms with Crippen molar-refractivity contribution in [2.45, 2.75) is 17.6 Å². The normalized spacial score (nSPS) is 32.7. The minimum absolute atomic E-state index is 0.0309. The van der Waals surface area contributed by atoms with Crippen LogP contribution in [-0.2, 0) is 0 Å². The molecule has 0 radical (unpaired) electrons. The van der Waals surface area contributed by atoms with Gasteiger partial charge in [-0.2, -0.15) is 0 Å². The number of aliphatic hydroxyl groups is 1. The zero-order chi connectivity index (χ0) is 11.1. The van der Waals surface area contributed by atoms with Gasteiger partial charge in [0.15, 0.2) is 0 Å². The van der Waals surface area contributed by atoms with Crippen LogP contribution in [0.3, 0.4) is 0 Å². The molecule has 1 aromatic rings. The van der Waals surface area contributed by atoms with Crippen molar-refractivity contribution in [2.24, 2.45) is 0 Å². The average Bonchev–Trinajstić information content (AvgIpc) is 2.84. The van der Waals surface area contributed by atoms with Crippen LogP contribution in [0, 0.1) is 0 Å². The fraction of sp³-hybridized carbons (Fsp3) is 0.364. The summed E-state index contributed by atoms with van der Waals surface area (Å²) in [6.07, 6.45) is -0.728. The Balaban J connectivity index is 1.92. The third-order valence-electron chi connectivity index (χ3n) is 2.99. The number of nitrogens with one attached hydrogen (secondary N) is 1. The van der Waals surface area contributed by atoms with Gasteiger partial charge in [0, 0.05) is 5.75 Å². The molecule has 2 aliphatic rings. The molecule has 2 aliphatic heterocycles. The molecular formula is C11H12N2O2S. The van der Waals surface area contributed by atoms with E-state index in [0.717, 1.165) is 11.3 Å². The molecule has 0 spiro atoms. The first kappa shape index (κ1) is 9.99. The lowest BCUT2D eigenvalue weighted by Gasteiger charge is -2.21. The van der Waals surface area contributed by atoms with Gasteiger partial charge in [0.2, 0.25) is 0 Å². The third-order valence-corrected chi connectivity index (χ3v) is 4.34. The number of fused-ring (bicyclic) bond motifs is 1. The van der Waals surface area contributed by atoms with Crippen molar-refractivity contribution in [3.05, 3.63) is 35.9 Å². The van der Waals surface area contributed by atoms with Crippen LogP contribution < -0.4 is 5.32 Å². The SMILES string of the molecule is O=C1NC(O)C2CSC(c3ccccc3)N12. The topological polar surface area (TPSA) is 52.6 Å². The predicted molar refractivity (Wildman–Crippen MR) is 61.8 cm³/mol. The summed E-state index contributed by atoms with van der Waals surface area (Å²) in [6, 6.07) is 9.65. The smallest absolute Gasteiger partial charge is 0.321 e. The summed E-state index contributed by atoms with van der Waals surface area (Å²) >= 11 is 1.70. The molecule has 0 aromatic heterocycles. The highest BCUT2D eigenvalue weighted by molar-refractivity contribution is 7.99. The van der Waals surface area contributed by atoms with Gasteiger partial charge >= 0.3 is 6.03 Å². The van der Waals surface area contributed by atoms with Crippen LogP contribution in [0.2, 0.25) is 0 Å². The van der Waals surface area contributed by atoms with Gasteiger partial charge < -0.3 is 15.3 Å². The molecule has 0 bridgehead atoms. The predicted octanol–water partition coefficient (Wildman–Crippen LogP) is 1.14. The van der Waals surface area contributed by atoms with Gasteiger partial charge in [0.1, 0.15) is 11.6 Å². The number of aliphatic hydroxyl groups excluding tert-OH is 1. The molecule has 2 heterocycles. The number of carbonyl (C=O) groups excluding carboxylic acids is 1. The van der Waals surface area contributed by atoms with Crippen LogP contribution in [0.5, 0.6) is 0 Å². The second-order valence-corrected chi connectivity index (χ2v) is 5.08. The van der Waals surface area contributed by atoms with Crippen LogP contribution in [0.1, 0.15) is 10.9 Å². The summed E-state index contributed by atoms with van der Waals surface area (Å²) in [4.78, 5) is 13.4. The number of carbonyl (C=O) groups is 1. The van der Waals surface area contributed by atoms with Gasteiger partial charge in [-0.05, 0) is 5.56 Å². The molecule has 3 rings (SSSR count). The Morgan fingerprint density at radius 2 is 2.12 bits per heavy atom. The number of hydrogen-bond donors (Lipinski definition) is 2. The lowest BCUT2D eigenvalue weighted by molar-refractivity contribution is 0.121. The highest BCUT2D eigenvalue weighted by atomic mass is 32.2. The molecule has 16 heavy (non-hydrogen) atoms. The number of rotatable bonds is 1. The molecule has 3 atom stereocenters. The lowest BCUT2D eigenvalue weighted by atomic mass is 10.2. The first-order valence-electron chi connectivity index (χ1n) is 5.21. The van der Waals surface area contributed by atoms with Crippen molar-refractivity contribution in [3.63, 3.8) is 0 Å². The van der Waals surface area contributed by atoms with E-state index in [0.29, 0.717) is 0 Å². The molecule has 2 amide bonds. The average molecular weight is 236 g/mol. The Labute approximate surface area is 97.6 Å². The number of urea groups is 1. The Kier molecular flexibility index (Phi) is 2.29. The maximum Gasteiger partial charge on any atom is 0.321 e. The van der Waals surface area contributed by atoms with Crippen LogP contribution in [0.25, 0.3) is 0 Å². The second kappa shape index (κ2) is 3.68. The van der Waals surface area contributed by atoms with Crippen molar-refractivity contribution in [2.75, 3.05) is 5.75 Å². The van der Waals surface area contributed by atoms with Gasteiger partial charge in [-0.15, -0.1) is 11.8 Å². The van der Waals surface area contributed by atoms with E-state index in [-0.39, 0.29) is 17.4 Å². The highest BCUT2D eigenvalue weighted by Gasteiger charge is 2.47. The maximum absolute atomic E-state index is 11.7. The summed E-state index contributed by atoms with van der Waals surface area (Å²) < 4.78 is 0. The largest absolute Gasteiger partial charge is 0.371 e. The molecule has 3 unspecified atom stereocenters. The fourth-order valence-electron chi connectivity index (χ4n) is 2.20. The van der Waals surface area contributed by atoms with Crippen LogP contribution in [0.15, 0.2) is 30.3 Å². The maximum atomic E-state index is 11.7. The van der Waals surface area contributed by atoms with Crippen LogP contribution in [0.4, 0.5) is 4.79 Å². The molecular weight excluding hydrogens is 224 g/mol. The molecule has 0 saturated carbocycles. The van der Waals surface area contributed by atoms with Crippen LogP contribution >= 0.6 is 11.8 Å². The molecule has 2 fully saturated rings. The molecule has 4 nitrogen and oxygen atoms in total. The zero-order valence-electron chi connectivity index (χ0n) is 8.54. The minimum atomic E-state index is -0.728. The molecule has 2 N–H and O–H groups in total. The van der Waals surface area contributed by atoms with Crippen molar-refractivity contribution in [3.8, 4) is 0 Å². The van der Waals surface area contributed by atoms with E-state index in [4.69, 9.17) is 0 Å². The van der Waals surface area contributed by atoms with E-state index in [1.54, 1.807) is 16.7 Å². The number of amides is 2. The summed E-state index contributed by atoms with van der Waals surface area (Å²) in [6.45, 7) is 0. The van der Waals surface area contributed by atoms with E-state index < -0.39 is 6.23 Å². The standard InChI is InChI=1S/C11H12N2O2S/c14-9-8-6-16-10(13(8)11(15)12-9)7-4-2-1-3-5-7/h1-5,8-10,14H,6H2,(H,12,15). The Bertz CT molecular complexity index is 412. The first-order chi connectivity index (χ1) is 7.77. The van der Waals surface area contributed by atoms with E-state index in [1.165, 1.54) is 0 Å². The first-order valence-corrected chi connectivity index (χ1v) is 6.26. The van der Waals surface area contributed by atoms with E-state index in [9.17, 15) is 9.90 Å². The monoisotopic (exact) mass is 236 g/mol. The van der Waals surface area contributed by atoms with Crippen LogP contribution in [-0.4, -0.2) is 34.1 Å². The summed E-state index contributed by atoms with van der Waals surface area (Å²) in [7, 11) is 0. The molecule has 1 aromatic carbocycles. The van der Waals surface area contributed by atoms with E-state index in [1.807, 2.05) is 30.3 Å². The molecule has 0 aliphatic carbocycles. The number of nitrogens with zero attached hydrogens (tertiary/aromatic N) is 1. The number of thioether (sulfide) groups is 1. The second-order valence-electron chi connectivity index (χ2n) is 3.97. The summed E-state index contributed by atoms with van der Waals surface area (Å²) in [5.74, 6) is 0.777. The van der Waals surface area contributed by atoms with Crippen molar-refractivity contribution in [1.82, 2.24) is 10.2 Å². The van der Waals surface area contributed by atoms with Gasteiger partial charge in [-0.25, -0.2) is 4.79 Å². The van der Waals surface area contributed by atoms with Gasteiger partial charge in [0.25, 0.3) is 0 Å². The number of hydrogen-bond acceptors (Lipinski definition) is 3. The van der Waals surface area contributed by atoms with Gasteiger partial charge in [-0.1, -0.05) is 30.3 Å². The minimum Gasteiger partial charge on any atom is -0.371 e. The lowest BCUT2D eigenvalue weighted by Crippen LogP contribution is -2.34. The zero-order valence-corrected chi connectivity index (χ0v) is 9.35. The summed E-state index contributed by atoms with van der Waals surface area (Å²) in [5.41, 5.74) is 1.11. The fourth-order valence-corrected chi connectivity index (χ4v) is 3.68. The van der Waals surface area contributed by atoms with Crippen molar-refractivity contribution < 1.29 is 9.90 Å². The molecule has 5 heteroatoms. The summed E-state index contributed by atoms with van der Waals surface area (Å²) in [5, 5.41) is 12.2. The molecule has 84 valence electrons. The van der Waals surface area contributed by atoms with E-state index in [2.05, 4.69) is 5.32 Å². The van der Waals surface area contributed by atoms with Crippen molar-refractivity contribution in [1.29, 1.82) is 0 Å². The molecule has 2 saturated heterocycles.